The summed E-state index contributed by atoms with van der Waals surface area (Å²) in [7, 11) is 0. The molecule has 0 radical (unpaired) electrons. The highest BCUT2D eigenvalue weighted by Crippen LogP contribution is 2.24. The van der Waals surface area contributed by atoms with Crippen LogP contribution in [0.4, 0.5) is 0 Å². The van der Waals surface area contributed by atoms with Crippen LogP contribution in [0.1, 0.15) is 29.9 Å². The van der Waals surface area contributed by atoms with Crippen molar-refractivity contribution in [2.75, 3.05) is 6.54 Å². The van der Waals surface area contributed by atoms with Gasteiger partial charge >= 0.3 is 0 Å². The largest absolute Gasteiger partial charge is 0.333 e. The highest BCUT2D eigenvalue weighted by molar-refractivity contribution is 9.10. The maximum Gasteiger partial charge on any atom is 0.273 e. The van der Waals surface area contributed by atoms with Gasteiger partial charge in [-0.15, -0.1) is 0 Å². The molecule has 1 amide bonds. The minimum Gasteiger partial charge on any atom is -0.333 e. The first-order chi connectivity index (χ1) is 7.08. The molecule has 1 aliphatic rings. The van der Waals surface area contributed by atoms with Gasteiger partial charge in [0, 0.05) is 29.3 Å². The van der Waals surface area contributed by atoms with Crippen LogP contribution < -0.4 is 0 Å². The number of halogens is 1. The molecule has 1 aromatic rings. The summed E-state index contributed by atoms with van der Waals surface area (Å²) in [5.74, 6) is 0.554. The number of hydrogen-bond acceptors (Lipinski definition) is 2. The van der Waals surface area contributed by atoms with E-state index >= 15 is 0 Å². The van der Waals surface area contributed by atoms with E-state index in [1.165, 1.54) is 0 Å². The molecule has 0 aliphatic carbocycles. The van der Waals surface area contributed by atoms with Gasteiger partial charge in [-0.2, -0.15) is 0 Å². The Bertz CT molecular complexity index is 404. The topological polar surface area (TPSA) is 33.2 Å². The first-order valence-corrected chi connectivity index (χ1v) is 5.81. The lowest BCUT2D eigenvalue weighted by atomic mass is 10.2. The van der Waals surface area contributed by atoms with Gasteiger partial charge in [-0.3, -0.25) is 4.79 Å². The number of nitrogens with zero attached hydrogens (tertiary/aromatic N) is 2. The second-order valence-corrected chi connectivity index (χ2v) is 5.16. The molecule has 0 N–H and O–H groups in total. The van der Waals surface area contributed by atoms with Crippen molar-refractivity contribution >= 4 is 21.8 Å². The Hall–Kier alpha value is -0.900. The number of carbonyl (C=O) groups is 1. The molecule has 0 fully saturated rings. The van der Waals surface area contributed by atoms with Gasteiger partial charge in [-0.1, -0.05) is 13.8 Å². The van der Waals surface area contributed by atoms with Crippen LogP contribution in [-0.4, -0.2) is 22.3 Å². The van der Waals surface area contributed by atoms with Crippen LogP contribution in [0.3, 0.4) is 0 Å². The van der Waals surface area contributed by atoms with E-state index in [1.54, 1.807) is 6.20 Å². The predicted molar refractivity (Wildman–Crippen MR) is 61.5 cm³/mol. The third-order valence-electron chi connectivity index (χ3n) is 2.37. The van der Waals surface area contributed by atoms with Crippen LogP contribution in [0.5, 0.6) is 0 Å². The van der Waals surface area contributed by atoms with E-state index in [1.807, 2.05) is 11.0 Å². The zero-order chi connectivity index (χ0) is 11.0. The van der Waals surface area contributed by atoms with Crippen molar-refractivity contribution in [3.05, 3.63) is 28.0 Å². The van der Waals surface area contributed by atoms with E-state index in [2.05, 4.69) is 34.8 Å². The van der Waals surface area contributed by atoms with Gasteiger partial charge in [-0.25, -0.2) is 4.98 Å². The second-order valence-electron chi connectivity index (χ2n) is 4.24. The fourth-order valence-electron chi connectivity index (χ4n) is 1.81. The normalized spacial score (nSPS) is 14.9. The van der Waals surface area contributed by atoms with Gasteiger partial charge in [0.1, 0.15) is 5.69 Å². The Morgan fingerprint density at radius 2 is 2.33 bits per heavy atom. The van der Waals surface area contributed by atoms with E-state index in [0.29, 0.717) is 18.2 Å². The zero-order valence-electron chi connectivity index (χ0n) is 8.83. The number of rotatable bonds is 2. The minimum absolute atomic E-state index is 0.0613. The van der Waals surface area contributed by atoms with Gasteiger partial charge in [-0.05, 0) is 27.9 Å². The van der Waals surface area contributed by atoms with Crippen molar-refractivity contribution in [1.29, 1.82) is 0 Å². The summed E-state index contributed by atoms with van der Waals surface area (Å²) in [5.41, 5.74) is 1.63. The van der Waals surface area contributed by atoms with E-state index in [0.717, 1.165) is 16.6 Å². The van der Waals surface area contributed by atoms with Crippen molar-refractivity contribution in [3.63, 3.8) is 0 Å². The average molecular weight is 269 g/mol. The van der Waals surface area contributed by atoms with Crippen molar-refractivity contribution in [2.24, 2.45) is 5.92 Å². The summed E-state index contributed by atoms with van der Waals surface area (Å²) in [6, 6.07) is 1.97. The first kappa shape index (κ1) is 10.6. The Kier molecular flexibility index (Phi) is 2.78. The lowest BCUT2D eigenvalue weighted by Gasteiger charge is -2.17. The SMILES string of the molecule is CC(C)CN1Cc2cc(Br)cnc2C1=O. The number of hydrogen-bond donors (Lipinski definition) is 0. The highest BCUT2D eigenvalue weighted by atomic mass is 79.9. The molecule has 15 heavy (non-hydrogen) atoms. The third-order valence-corrected chi connectivity index (χ3v) is 2.80. The second kappa shape index (κ2) is 3.93. The Morgan fingerprint density at radius 1 is 1.60 bits per heavy atom. The maximum atomic E-state index is 11.9. The quantitative estimate of drug-likeness (QED) is 0.826. The molecule has 0 spiro atoms. The fraction of sp³-hybridized carbons (Fsp3) is 0.455. The lowest BCUT2D eigenvalue weighted by molar-refractivity contribution is 0.0755. The van der Waals surface area contributed by atoms with Crippen molar-refractivity contribution in [2.45, 2.75) is 20.4 Å². The summed E-state index contributed by atoms with van der Waals surface area (Å²) >= 11 is 3.36. The summed E-state index contributed by atoms with van der Waals surface area (Å²) in [6.45, 7) is 5.71. The van der Waals surface area contributed by atoms with Gasteiger partial charge in [0.05, 0.1) is 0 Å². The van der Waals surface area contributed by atoms with Crippen LogP contribution in [0, 0.1) is 5.92 Å². The molecule has 0 unspecified atom stereocenters. The number of carbonyl (C=O) groups excluding carboxylic acids is 1. The van der Waals surface area contributed by atoms with E-state index < -0.39 is 0 Å². The Labute approximate surface area is 97.6 Å². The third kappa shape index (κ3) is 2.04. The van der Waals surface area contributed by atoms with Crippen molar-refractivity contribution in [3.8, 4) is 0 Å². The maximum absolute atomic E-state index is 11.9. The standard InChI is InChI=1S/C11H13BrN2O/c1-7(2)5-14-6-8-3-9(12)4-13-10(8)11(14)15/h3-4,7H,5-6H2,1-2H3. The molecule has 0 saturated carbocycles. The van der Waals surface area contributed by atoms with Gasteiger partial charge in [0.25, 0.3) is 5.91 Å². The molecular weight excluding hydrogens is 256 g/mol. The molecule has 0 saturated heterocycles. The lowest BCUT2D eigenvalue weighted by Crippen LogP contribution is -2.28. The van der Waals surface area contributed by atoms with Crippen LogP contribution in [0.2, 0.25) is 0 Å². The number of pyridine rings is 1. The molecule has 0 aromatic carbocycles. The predicted octanol–water partition coefficient (Wildman–Crippen LogP) is 2.46. The number of fused-ring (bicyclic) bond motifs is 1. The van der Waals surface area contributed by atoms with E-state index in [-0.39, 0.29) is 5.91 Å². The summed E-state index contributed by atoms with van der Waals surface area (Å²) in [4.78, 5) is 17.9. The fourth-order valence-corrected chi connectivity index (χ4v) is 2.19. The zero-order valence-corrected chi connectivity index (χ0v) is 10.4. The smallest absolute Gasteiger partial charge is 0.273 e. The van der Waals surface area contributed by atoms with Gasteiger partial charge in [0.2, 0.25) is 0 Å². The highest BCUT2D eigenvalue weighted by Gasteiger charge is 2.28. The molecule has 4 heteroatoms. The Balaban J connectivity index is 2.25. The van der Waals surface area contributed by atoms with Crippen LogP contribution in [0.25, 0.3) is 0 Å². The monoisotopic (exact) mass is 268 g/mol. The summed E-state index contributed by atoms with van der Waals surface area (Å²) < 4.78 is 0.931. The van der Waals surface area contributed by atoms with Crippen molar-refractivity contribution < 1.29 is 4.79 Å². The van der Waals surface area contributed by atoms with Crippen molar-refractivity contribution in [1.82, 2.24) is 9.88 Å². The first-order valence-electron chi connectivity index (χ1n) is 5.01. The summed E-state index contributed by atoms with van der Waals surface area (Å²) in [5, 5.41) is 0. The Morgan fingerprint density at radius 3 is 3.00 bits per heavy atom. The molecule has 3 nitrogen and oxygen atoms in total. The molecule has 2 heterocycles. The van der Waals surface area contributed by atoms with E-state index in [4.69, 9.17) is 0 Å². The van der Waals surface area contributed by atoms with Crippen LogP contribution in [0.15, 0.2) is 16.7 Å². The van der Waals surface area contributed by atoms with E-state index in [9.17, 15) is 4.79 Å². The molecule has 0 bridgehead atoms. The van der Waals surface area contributed by atoms with Gasteiger partial charge < -0.3 is 4.90 Å². The molecule has 2 rings (SSSR count). The summed E-state index contributed by atoms with van der Waals surface area (Å²) in [6.07, 6.45) is 1.68. The van der Waals surface area contributed by atoms with Crippen LogP contribution in [-0.2, 0) is 6.54 Å². The molecule has 1 aromatic heterocycles. The number of aromatic nitrogens is 1. The molecule has 80 valence electrons. The molecular formula is C11H13BrN2O. The molecule has 0 atom stereocenters. The molecule has 1 aliphatic heterocycles. The average Bonchev–Trinajstić information content (AvgIpc) is 2.42. The minimum atomic E-state index is 0.0613. The van der Waals surface area contributed by atoms with Crippen LogP contribution >= 0.6 is 15.9 Å². The number of amides is 1. The van der Waals surface area contributed by atoms with Gasteiger partial charge in [0.15, 0.2) is 0 Å².